The van der Waals surface area contributed by atoms with Gasteiger partial charge >= 0.3 is 0 Å². The van der Waals surface area contributed by atoms with Crippen LogP contribution in [-0.2, 0) is 7.05 Å². The van der Waals surface area contributed by atoms with Crippen molar-refractivity contribution in [3.8, 4) is 6.07 Å². The molecule has 1 fully saturated rings. The summed E-state index contributed by atoms with van der Waals surface area (Å²) in [4.78, 5) is 6.27. The van der Waals surface area contributed by atoms with E-state index in [9.17, 15) is 0 Å². The van der Waals surface area contributed by atoms with Gasteiger partial charge in [0.1, 0.15) is 6.04 Å². The van der Waals surface area contributed by atoms with Crippen molar-refractivity contribution in [2.24, 2.45) is 7.05 Å². The van der Waals surface area contributed by atoms with E-state index in [1.807, 2.05) is 11.6 Å². The Bertz CT molecular complexity index is 343. The summed E-state index contributed by atoms with van der Waals surface area (Å²) in [7, 11) is 1.93. The third-order valence-corrected chi connectivity index (χ3v) is 2.76. The number of hydrogen-bond acceptors (Lipinski definition) is 3. The highest BCUT2D eigenvalue weighted by Gasteiger charge is 2.24. The van der Waals surface area contributed by atoms with E-state index in [0.717, 1.165) is 18.8 Å². The Labute approximate surface area is 83.8 Å². The van der Waals surface area contributed by atoms with Crippen LogP contribution in [0.15, 0.2) is 12.5 Å². The molecule has 74 valence electrons. The number of rotatable bonds is 2. The second-order valence-corrected chi connectivity index (χ2v) is 3.70. The molecule has 0 aliphatic carbocycles. The zero-order valence-corrected chi connectivity index (χ0v) is 8.35. The van der Waals surface area contributed by atoms with E-state index in [-0.39, 0.29) is 6.04 Å². The summed E-state index contributed by atoms with van der Waals surface area (Å²) in [6.07, 6.45) is 5.94. The second kappa shape index (κ2) is 3.81. The Morgan fingerprint density at radius 2 is 2.21 bits per heavy atom. The third-order valence-electron chi connectivity index (χ3n) is 2.76. The van der Waals surface area contributed by atoms with Gasteiger partial charge in [-0.3, -0.25) is 4.90 Å². The molecule has 1 aromatic heterocycles. The van der Waals surface area contributed by atoms with Crippen molar-refractivity contribution in [3.05, 3.63) is 18.2 Å². The molecule has 14 heavy (non-hydrogen) atoms. The lowest BCUT2D eigenvalue weighted by molar-refractivity contribution is 0.286. The summed E-state index contributed by atoms with van der Waals surface area (Å²) in [6, 6.07) is 2.23. The number of imidazole rings is 1. The molecule has 0 aromatic carbocycles. The maximum Gasteiger partial charge on any atom is 0.140 e. The summed E-state index contributed by atoms with van der Waals surface area (Å²) < 4.78 is 1.92. The number of hydrogen-bond donors (Lipinski definition) is 0. The molecule has 1 atom stereocenters. The number of aromatic nitrogens is 2. The molecule has 0 saturated carbocycles. The first-order valence-electron chi connectivity index (χ1n) is 4.93. The number of aryl methyl sites for hydroxylation is 1. The summed E-state index contributed by atoms with van der Waals surface area (Å²) >= 11 is 0. The molecule has 2 heterocycles. The van der Waals surface area contributed by atoms with E-state index in [2.05, 4.69) is 16.0 Å². The molecule has 0 bridgehead atoms. The molecule has 0 N–H and O–H groups in total. The first-order chi connectivity index (χ1) is 6.83. The highest BCUT2D eigenvalue weighted by molar-refractivity contribution is 5.14. The lowest BCUT2D eigenvalue weighted by atomic mass is 10.2. The average molecular weight is 190 g/mol. The van der Waals surface area contributed by atoms with Crippen LogP contribution in [0.25, 0.3) is 0 Å². The van der Waals surface area contributed by atoms with Crippen molar-refractivity contribution < 1.29 is 0 Å². The summed E-state index contributed by atoms with van der Waals surface area (Å²) in [5.74, 6) is 0. The Morgan fingerprint density at radius 3 is 2.71 bits per heavy atom. The predicted octanol–water partition coefficient (Wildman–Crippen LogP) is 1.08. The molecule has 4 heteroatoms. The smallest absolute Gasteiger partial charge is 0.140 e. The van der Waals surface area contributed by atoms with Crippen LogP contribution < -0.4 is 0 Å². The molecular formula is C10H14N4. The van der Waals surface area contributed by atoms with Gasteiger partial charge in [0.25, 0.3) is 0 Å². The average Bonchev–Trinajstić information content (AvgIpc) is 2.80. The van der Waals surface area contributed by atoms with Crippen molar-refractivity contribution >= 4 is 0 Å². The predicted molar refractivity (Wildman–Crippen MR) is 52.4 cm³/mol. The van der Waals surface area contributed by atoms with Crippen molar-refractivity contribution in [1.29, 1.82) is 5.26 Å². The van der Waals surface area contributed by atoms with Crippen LogP contribution in [0.3, 0.4) is 0 Å². The van der Waals surface area contributed by atoms with Gasteiger partial charge in [-0.2, -0.15) is 5.26 Å². The molecule has 0 spiro atoms. The third kappa shape index (κ3) is 1.51. The number of likely N-dealkylation sites (tertiary alicyclic amines) is 1. The standard InChI is InChI=1S/C10H14N4/c1-13-8-12-7-10(13)9(6-11)14-4-2-3-5-14/h7-9H,2-5H2,1H3. The van der Waals surface area contributed by atoms with Crippen LogP contribution in [0.2, 0.25) is 0 Å². The molecule has 0 radical (unpaired) electrons. The molecule has 2 rings (SSSR count). The molecular weight excluding hydrogens is 176 g/mol. The van der Waals surface area contributed by atoms with Gasteiger partial charge in [0.05, 0.1) is 24.3 Å². The highest BCUT2D eigenvalue weighted by Crippen LogP contribution is 2.23. The summed E-state index contributed by atoms with van der Waals surface area (Å²) in [6.45, 7) is 2.06. The van der Waals surface area contributed by atoms with Gasteiger partial charge in [0, 0.05) is 7.05 Å². The minimum absolute atomic E-state index is 0.120. The summed E-state index contributed by atoms with van der Waals surface area (Å²) in [5.41, 5.74) is 0.995. The van der Waals surface area contributed by atoms with Crippen LogP contribution >= 0.6 is 0 Å². The lowest BCUT2D eigenvalue weighted by Gasteiger charge is -2.21. The second-order valence-electron chi connectivity index (χ2n) is 3.70. The van der Waals surface area contributed by atoms with Gasteiger partial charge in [-0.15, -0.1) is 0 Å². The van der Waals surface area contributed by atoms with Gasteiger partial charge < -0.3 is 4.57 Å². The molecule has 1 aliphatic rings. The van der Waals surface area contributed by atoms with Crippen LogP contribution in [0, 0.1) is 11.3 Å². The Balaban J connectivity index is 2.22. The zero-order chi connectivity index (χ0) is 9.97. The van der Waals surface area contributed by atoms with Crippen molar-refractivity contribution in [2.45, 2.75) is 18.9 Å². The minimum Gasteiger partial charge on any atom is -0.335 e. The van der Waals surface area contributed by atoms with Gasteiger partial charge in [-0.25, -0.2) is 4.98 Å². The van der Waals surface area contributed by atoms with Gasteiger partial charge in [-0.1, -0.05) is 0 Å². The molecule has 1 saturated heterocycles. The highest BCUT2D eigenvalue weighted by atomic mass is 15.2. The number of nitrogens with zero attached hydrogens (tertiary/aromatic N) is 4. The SMILES string of the molecule is Cn1cncc1C(C#N)N1CCCC1. The largest absolute Gasteiger partial charge is 0.335 e. The monoisotopic (exact) mass is 190 g/mol. The van der Waals surface area contributed by atoms with Gasteiger partial charge in [-0.05, 0) is 25.9 Å². The fourth-order valence-corrected chi connectivity index (χ4v) is 1.97. The van der Waals surface area contributed by atoms with E-state index in [1.165, 1.54) is 12.8 Å². The fraction of sp³-hybridized carbons (Fsp3) is 0.600. The minimum atomic E-state index is -0.120. The zero-order valence-electron chi connectivity index (χ0n) is 8.35. The Morgan fingerprint density at radius 1 is 1.50 bits per heavy atom. The van der Waals surface area contributed by atoms with E-state index in [0.29, 0.717) is 0 Å². The number of nitriles is 1. The molecule has 4 nitrogen and oxygen atoms in total. The Kier molecular flexibility index (Phi) is 2.51. The van der Waals surface area contributed by atoms with Crippen LogP contribution in [0.5, 0.6) is 0 Å². The maximum atomic E-state index is 9.15. The Hall–Kier alpha value is -1.34. The topological polar surface area (TPSA) is 44.9 Å². The van der Waals surface area contributed by atoms with E-state index in [1.54, 1.807) is 12.5 Å². The first kappa shape index (κ1) is 9.22. The maximum absolute atomic E-state index is 9.15. The summed E-state index contributed by atoms with van der Waals surface area (Å²) in [5, 5.41) is 9.15. The first-order valence-corrected chi connectivity index (χ1v) is 4.93. The van der Waals surface area contributed by atoms with Crippen molar-refractivity contribution in [2.75, 3.05) is 13.1 Å². The molecule has 1 aliphatic heterocycles. The fourth-order valence-electron chi connectivity index (χ4n) is 1.97. The van der Waals surface area contributed by atoms with E-state index < -0.39 is 0 Å². The molecule has 1 unspecified atom stereocenters. The van der Waals surface area contributed by atoms with Crippen LogP contribution in [0.4, 0.5) is 0 Å². The van der Waals surface area contributed by atoms with Gasteiger partial charge in [0.15, 0.2) is 0 Å². The van der Waals surface area contributed by atoms with Gasteiger partial charge in [0.2, 0.25) is 0 Å². The normalized spacial score (nSPS) is 19.4. The van der Waals surface area contributed by atoms with Crippen LogP contribution in [0.1, 0.15) is 24.6 Å². The van der Waals surface area contributed by atoms with Crippen LogP contribution in [-0.4, -0.2) is 27.5 Å². The lowest BCUT2D eigenvalue weighted by Crippen LogP contribution is -2.25. The van der Waals surface area contributed by atoms with Crippen molar-refractivity contribution in [1.82, 2.24) is 14.5 Å². The van der Waals surface area contributed by atoms with Crippen molar-refractivity contribution in [3.63, 3.8) is 0 Å². The quantitative estimate of drug-likeness (QED) is 0.701. The molecule has 1 aromatic rings. The van der Waals surface area contributed by atoms with E-state index >= 15 is 0 Å². The van der Waals surface area contributed by atoms with E-state index in [4.69, 9.17) is 5.26 Å². The molecule has 0 amide bonds.